The Kier molecular flexibility index (Phi) is 8.70. The van der Waals surface area contributed by atoms with Gasteiger partial charge < -0.3 is 19.7 Å². The van der Waals surface area contributed by atoms with Crippen LogP contribution in [0.5, 0.6) is 5.75 Å². The van der Waals surface area contributed by atoms with E-state index in [2.05, 4.69) is 18.8 Å². The van der Waals surface area contributed by atoms with Gasteiger partial charge in [0.1, 0.15) is 18.4 Å². The highest BCUT2D eigenvalue weighted by atomic mass is 16.5. The van der Waals surface area contributed by atoms with E-state index in [9.17, 15) is 14.4 Å². The van der Waals surface area contributed by atoms with Gasteiger partial charge in [0.15, 0.2) is 0 Å². The summed E-state index contributed by atoms with van der Waals surface area (Å²) in [6, 6.07) is 5.91. The van der Waals surface area contributed by atoms with Gasteiger partial charge in [0.25, 0.3) is 5.91 Å². The summed E-state index contributed by atoms with van der Waals surface area (Å²) >= 11 is 0. The number of piperazine rings is 1. The Morgan fingerprint density at radius 1 is 1.31 bits per heavy atom. The zero-order valence-corrected chi connectivity index (χ0v) is 17.2. The lowest BCUT2D eigenvalue weighted by Crippen LogP contribution is -2.57. The molecule has 1 fully saturated rings. The SMILES string of the molecule is C=C(C)COc1cccc(C(=O)N2CCNC(=O)C2CC(=O)OCCCCC)c1. The molecule has 1 heterocycles. The topological polar surface area (TPSA) is 84.9 Å². The molecule has 1 aliphatic rings. The highest BCUT2D eigenvalue weighted by Crippen LogP contribution is 2.19. The molecule has 1 aliphatic heterocycles. The Morgan fingerprint density at radius 2 is 2.10 bits per heavy atom. The first-order valence-corrected chi connectivity index (χ1v) is 10.0. The number of esters is 1. The van der Waals surface area contributed by atoms with Gasteiger partial charge in [0, 0.05) is 18.7 Å². The third kappa shape index (κ3) is 6.93. The number of unbranched alkanes of at least 4 members (excludes halogenated alkanes) is 2. The summed E-state index contributed by atoms with van der Waals surface area (Å²) in [6.07, 6.45) is 2.64. The van der Waals surface area contributed by atoms with E-state index in [1.165, 1.54) is 4.90 Å². The minimum Gasteiger partial charge on any atom is -0.489 e. The number of rotatable bonds is 10. The summed E-state index contributed by atoms with van der Waals surface area (Å²) in [5.41, 5.74) is 1.27. The Labute approximate surface area is 172 Å². The van der Waals surface area contributed by atoms with Crippen LogP contribution in [-0.4, -0.2) is 55.0 Å². The number of hydrogen-bond acceptors (Lipinski definition) is 5. The van der Waals surface area contributed by atoms with Crippen molar-refractivity contribution in [2.45, 2.75) is 45.6 Å². The molecule has 2 rings (SSSR count). The van der Waals surface area contributed by atoms with E-state index in [-0.39, 0.29) is 18.2 Å². The van der Waals surface area contributed by atoms with E-state index >= 15 is 0 Å². The van der Waals surface area contributed by atoms with Crippen molar-refractivity contribution in [2.75, 3.05) is 26.3 Å². The fraction of sp³-hybridized carbons (Fsp3) is 0.500. The molecule has 0 saturated carbocycles. The molecule has 0 aliphatic carbocycles. The molecular weight excluding hydrogens is 372 g/mol. The van der Waals surface area contributed by atoms with Crippen molar-refractivity contribution >= 4 is 17.8 Å². The lowest BCUT2D eigenvalue weighted by molar-refractivity contribution is -0.147. The van der Waals surface area contributed by atoms with Crippen molar-refractivity contribution in [2.24, 2.45) is 0 Å². The van der Waals surface area contributed by atoms with Crippen LogP contribution in [0.15, 0.2) is 36.4 Å². The molecule has 1 atom stereocenters. The third-order valence-electron chi connectivity index (χ3n) is 4.53. The van der Waals surface area contributed by atoms with Gasteiger partial charge in [-0.15, -0.1) is 0 Å². The molecule has 7 heteroatoms. The normalized spacial score (nSPS) is 16.1. The predicted molar refractivity (Wildman–Crippen MR) is 110 cm³/mol. The number of hydrogen-bond donors (Lipinski definition) is 1. The third-order valence-corrected chi connectivity index (χ3v) is 4.53. The van der Waals surface area contributed by atoms with E-state index in [0.717, 1.165) is 24.8 Å². The first-order valence-electron chi connectivity index (χ1n) is 10.0. The second-order valence-corrected chi connectivity index (χ2v) is 7.21. The minimum absolute atomic E-state index is 0.157. The van der Waals surface area contributed by atoms with Crippen LogP contribution in [0, 0.1) is 0 Å². The maximum absolute atomic E-state index is 13.0. The molecule has 7 nitrogen and oxygen atoms in total. The maximum Gasteiger partial charge on any atom is 0.308 e. The van der Waals surface area contributed by atoms with Gasteiger partial charge in [-0.25, -0.2) is 0 Å². The molecule has 1 N–H and O–H groups in total. The number of amides is 2. The summed E-state index contributed by atoms with van der Waals surface area (Å²) in [6.45, 7) is 9.07. The number of ether oxygens (including phenoxy) is 2. The van der Waals surface area contributed by atoms with Crippen LogP contribution in [0.4, 0.5) is 0 Å². The van der Waals surface area contributed by atoms with Crippen molar-refractivity contribution < 1.29 is 23.9 Å². The number of benzene rings is 1. The first-order chi connectivity index (χ1) is 13.9. The average molecular weight is 402 g/mol. The predicted octanol–water partition coefficient (Wildman–Crippen LogP) is 2.71. The summed E-state index contributed by atoms with van der Waals surface area (Å²) in [5, 5.41) is 2.72. The first kappa shape index (κ1) is 22.5. The van der Waals surface area contributed by atoms with Crippen molar-refractivity contribution in [1.82, 2.24) is 10.2 Å². The molecule has 1 unspecified atom stereocenters. The highest BCUT2D eigenvalue weighted by molar-refractivity contribution is 5.99. The van der Waals surface area contributed by atoms with Crippen LogP contribution < -0.4 is 10.1 Å². The Bertz CT molecular complexity index is 746. The standard InChI is InChI=1S/C22H30N2O5/c1-4-5-6-12-28-20(25)14-19-21(26)23-10-11-24(19)22(27)17-8-7-9-18(13-17)29-15-16(2)3/h7-9,13,19H,2,4-6,10-12,14-15H2,1,3H3,(H,23,26). The van der Waals surface area contributed by atoms with Crippen molar-refractivity contribution in [3.63, 3.8) is 0 Å². The van der Waals surface area contributed by atoms with Gasteiger partial charge in [0.05, 0.1) is 13.0 Å². The van der Waals surface area contributed by atoms with Gasteiger partial charge in [-0.05, 0) is 37.1 Å². The largest absolute Gasteiger partial charge is 0.489 e. The van der Waals surface area contributed by atoms with E-state index in [4.69, 9.17) is 9.47 Å². The van der Waals surface area contributed by atoms with E-state index in [1.54, 1.807) is 24.3 Å². The maximum atomic E-state index is 13.0. The molecule has 1 aromatic carbocycles. The van der Waals surface area contributed by atoms with Gasteiger partial charge in [-0.1, -0.05) is 32.4 Å². The number of nitrogens with zero attached hydrogens (tertiary/aromatic N) is 1. The molecule has 0 aromatic heterocycles. The molecule has 29 heavy (non-hydrogen) atoms. The van der Waals surface area contributed by atoms with E-state index in [1.807, 2.05) is 6.92 Å². The number of nitrogens with one attached hydrogen (secondary N) is 1. The molecule has 1 aromatic rings. The molecule has 1 saturated heterocycles. The fourth-order valence-corrected chi connectivity index (χ4v) is 3.01. The van der Waals surface area contributed by atoms with Crippen LogP contribution in [0.1, 0.15) is 49.9 Å². The van der Waals surface area contributed by atoms with Crippen LogP contribution in [0.3, 0.4) is 0 Å². The van der Waals surface area contributed by atoms with Gasteiger partial charge in [0.2, 0.25) is 5.91 Å². The summed E-state index contributed by atoms with van der Waals surface area (Å²) in [5.74, 6) is -0.583. The van der Waals surface area contributed by atoms with E-state index < -0.39 is 12.0 Å². The smallest absolute Gasteiger partial charge is 0.308 e. The Morgan fingerprint density at radius 3 is 2.83 bits per heavy atom. The van der Waals surface area contributed by atoms with Crippen molar-refractivity contribution in [1.29, 1.82) is 0 Å². The molecule has 158 valence electrons. The summed E-state index contributed by atoms with van der Waals surface area (Å²) in [4.78, 5) is 39.0. The second kappa shape index (κ2) is 11.2. The molecule has 2 amide bonds. The zero-order valence-electron chi connectivity index (χ0n) is 17.2. The van der Waals surface area contributed by atoms with Crippen LogP contribution in [-0.2, 0) is 14.3 Å². The quantitative estimate of drug-likeness (QED) is 0.370. The van der Waals surface area contributed by atoms with Crippen LogP contribution >= 0.6 is 0 Å². The summed E-state index contributed by atoms with van der Waals surface area (Å²) < 4.78 is 10.8. The number of carbonyl (C=O) groups is 3. The molecule has 0 bridgehead atoms. The van der Waals surface area contributed by atoms with Gasteiger partial charge in [-0.3, -0.25) is 14.4 Å². The Hall–Kier alpha value is -2.83. The molecular formula is C22H30N2O5. The highest BCUT2D eigenvalue weighted by Gasteiger charge is 2.35. The molecule has 0 spiro atoms. The van der Waals surface area contributed by atoms with Crippen LogP contribution in [0.25, 0.3) is 0 Å². The fourth-order valence-electron chi connectivity index (χ4n) is 3.01. The lowest BCUT2D eigenvalue weighted by Gasteiger charge is -2.34. The number of carbonyl (C=O) groups excluding carboxylic acids is 3. The average Bonchev–Trinajstić information content (AvgIpc) is 2.71. The monoisotopic (exact) mass is 402 g/mol. The van der Waals surface area contributed by atoms with Gasteiger partial charge in [-0.2, -0.15) is 0 Å². The molecule has 0 radical (unpaired) electrons. The Balaban J connectivity index is 2.06. The van der Waals surface area contributed by atoms with E-state index in [0.29, 0.717) is 37.6 Å². The van der Waals surface area contributed by atoms with Crippen molar-refractivity contribution in [3.8, 4) is 5.75 Å². The minimum atomic E-state index is -0.880. The van der Waals surface area contributed by atoms with Gasteiger partial charge >= 0.3 is 5.97 Å². The lowest BCUT2D eigenvalue weighted by atomic mass is 10.1. The summed E-state index contributed by atoms with van der Waals surface area (Å²) in [7, 11) is 0. The van der Waals surface area contributed by atoms with Crippen molar-refractivity contribution in [3.05, 3.63) is 42.0 Å². The second-order valence-electron chi connectivity index (χ2n) is 7.21. The van der Waals surface area contributed by atoms with Crippen LogP contribution in [0.2, 0.25) is 0 Å². The zero-order chi connectivity index (χ0) is 21.2.